The van der Waals surface area contributed by atoms with Crippen LogP contribution in [0.5, 0.6) is 0 Å². The van der Waals surface area contributed by atoms with Crippen molar-refractivity contribution in [3.8, 4) is 0 Å². The van der Waals surface area contributed by atoms with Gasteiger partial charge in [-0.3, -0.25) is 4.90 Å². The van der Waals surface area contributed by atoms with E-state index in [0.717, 1.165) is 23.8 Å². The summed E-state index contributed by atoms with van der Waals surface area (Å²) < 4.78 is 27.0. The van der Waals surface area contributed by atoms with Crippen molar-refractivity contribution in [2.24, 2.45) is 0 Å². The maximum absolute atomic E-state index is 13.5. The zero-order valence-electron chi connectivity index (χ0n) is 14.8. The molecule has 2 rings (SSSR count). The van der Waals surface area contributed by atoms with Gasteiger partial charge in [-0.1, -0.05) is 0 Å². The normalized spacial score (nSPS) is 17.2. The van der Waals surface area contributed by atoms with Gasteiger partial charge in [0.2, 0.25) is 0 Å². The molecule has 0 aliphatic heterocycles. The van der Waals surface area contributed by atoms with Crippen LogP contribution in [0.25, 0.3) is 0 Å². The van der Waals surface area contributed by atoms with Gasteiger partial charge in [0.25, 0.3) is 0 Å². The summed E-state index contributed by atoms with van der Waals surface area (Å²) in [5.74, 6) is -1.45. The van der Waals surface area contributed by atoms with Crippen LogP contribution in [0.2, 0.25) is 0 Å². The van der Waals surface area contributed by atoms with Gasteiger partial charge < -0.3 is 15.5 Å². The van der Waals surface area contributed by atoms with E-state index in [1.165, 1.54) is 12.1 Å². The first-order valence-electron chi connectivity index (χ1n) is 8.46. The minimum absolute atomic E-state index is 0.0196. The monoisotopic (exact) mass is 356 g/mol. The quantitative estimate of drug-likeness (QED) is 0.702. The molecule has 1 saturated carbocycles. The Balaban J connectivity index is 2.26. The maximum Gasteiger partial charge on any atom is 0.408 e. The van der Waals surface area contributed by atoms with Gasteiger partial charge in [0, 0.05) is 24.2 Å². The second kappa shape index (κ2) is 7.66. The van der Waals surface area contributed by atoms with Gasteiger partial charge in [0.15, 0.2) is 0 Å². The Kier molecular flexibility index (Phi) is 6.00. The average Bonchev–Trinajstić information content (AvgIpc) is 3.25. The number of hydrogen-bond acceptors (Lipinski definition) is 3. The lowest BCUT2D eigenvalue weighted by Crippen LogP contribution is -2.58. The smallest absolute Gasteiger partial charge is 0.408 e. The first-order valence-corrected chi connectivity index (χ1v) is 8.46. The number of benzene rings is 1. The van der Waals surface area contributed by atoms with Crippen molar-refractivity contribution in [3.05, 3.63) is 35.4 Å². The standard InChI is InChI=1S/C18H26F2N2O3/c1-18(2,3)22(17(24)25)15(16(23)10-21-14-4-5-14)8-11-6-12(19)9-13(20)7-11/h6-7,9,14-16,21,23H,4-5,8,10H2,1-3H3,(H,24,25)/t15-,16+/m0/s1. The summed E-state index contributed by atoms with van der Waals surface area (Å²) in [5, 5.41) is 23.4. The summed E-state index contributed by atoms with van der Waals surface area (Å²) in [6.45, 7) is 5.40. The highest BCUT2D eigenvalue weighted by Gasteiger charge is 2.38. The average molecular weight is 356 g/mol. The molecule has 1 aromatic rings. The molecule has 0 spiro atoms. The third-order valence-corrected chi connectivity index (χ3v) is 4.26. The molecular formula is C18H26F2N2O3. The minimum atomic E-state index is -1.18. The van der Waals surface area contributed by atoms with Gasteiger partial charge in [0.05, 0.1) is 12.1 Å². The highest BCUT2D eigenvalue weighted by atomic mass is 19.1. The Morgan fingerprint density at radius 1 is 1.28 bits per heavy atom. The van der Waals surface area contributed by atoms with Crippen LogP contribution in [0.3, 0.4) is 0 Å². The Bertz CT molecular complexity index is 595. The van der Waals surface area contributed by atoms with E-state index in [1.54, 1.807) is 20.8 Å². The van der Waals surface area contributed by atoms with Crippen LogP contribution in [0, 0.1) is 11.6 Å². The van der Waals surface area contributed by atoms with Crippen LogP contribution in [0.15, 0.2) is 18.2 Å². The van der Waals surface area contributed by atoms with Crippen LogP contribution in [0.4, 0.5) is 13.6 Å². The highest BCUT2D eigenvalue weighted by Crippen LogP contribution is 2.24. The zero-order chi connectivity index (χ0) is 18.8. The predicted molar refractivity (Wildman–Crippen MR) is 90.5 cm³/mol. The molecular weight excluding hydrogens is 330 g/mol. The van der Waals surface area contributed by atoms with E-state index in [9.17, 15) is 23.8 Å². The summed E-state index contributed by atoms with van der Waals surface area (Å²) in [5.41, 5.74) is -0.466. The van der Waals surface area contributed by atoms with E-state index in [-0.39, 0.29) is 13.0 Å². The van der Waals surface area contributed by atoms with Crippen molar-refractivity contribution in [3.63, 3.8) is 0 Å². The topological polar surface area (TPSA) is 72.8 Å². The second-order valence-corrected chi connectivity index (χ2v) is 7.62. The van der Waals surface area contributed by atoms with Crippen molar-refractivity contribution in [2.75, 3.05) is 6.54 Å². The highest BCUT2D eigenvalue weighted by molar-refractivity contribution is 5.66. The van der Waals surface area contributed by atoms with Crippen molar-refractivity contribution >= 4 is 6.09 Å². The lowest BCUT2D eigenvalue weighted by molar-refractivity contribution is 0.00768. The molecule has 0 heterocycles. The Morgan fingerprint density at radius 3 is 2.28 bits per heavy atom. The summed E-state index contributed by atoms with van der Waals surface area (Å²) in [6, 6.07) is 2.63. The van der Waals surface area contributed by atoms with E-state index in [1.807, 2.05) is 0 Å². The number of amides is 1. The van der Waals surface area contributed by atoms with E-state index in [2.05, 4.69) is 5.32 Å². The summed E-state index contributed by atoms with van der Waals surface area (Å²) in [6.07, 6.45) is -0.0868. The molecule has 2 atom stereocenters. The SMILES string of the molecule is CC(C)(C)N(C(=O)O)[C@@H](Cc1cc(F)cc(F)c1)[C@H](O)CNC1CC1. The number of halogens is 2. The van der Waals surface area contributed by atoms with Gasteiger partial charge in [0.1, 0.15) is 11.6 Å². The first kappa shape index (κ1) is 19.6. The molecule has 25 heavy (non-hydrogen) atoms. The number of carbonyl (C=O) groups is 1. The fourth-order valence-electron chi connectivity index (χ4n) is 3.01. The molecule has 1 fully saturated rings. The predicted octanol–water partition coefficient (Wildman–Crippen LogP) is 2.77. The van der Waals surface area contributed by atoms with Crippen LogP contribution < -0.4 is 5.32 Å². The van der Waals surface area contributed by atoms with E-state index < -0.39 is 35.4 Å². The van der Waals surface area contributed by atoms with Crippen LogP contribution >= 0.6 is 0 Å². The van der Waals surface area contributed by atoms with Gasteiger partial charge in [-0.2, -0.15) is 0 Å². The molecule has 0 saturated heterocycles. The summed E-state index contributed by atoms with van der Waals surface area (Å²) in [4.78, 5) is 13.0. The molecule has 0 bridgehead atoms. The molecule has 7 heteroatoms. The Hall–Kier alpha value is -1.73. The minimum Gasteiger partial charge on any atom is -0.465 e. The largest absolute Gasteiger partial charge is 0.465 e. The van der Waals surface area contributed by atoms with Crippen LogP contribution in [-0.2, 0) is 6.42 Å². The number of carboxylic acid groups (broad SMARTS) is 1. The number of hydrogen-bond donors (Lipinski definition) is 3. The van der Waals surface area contributed by atoms with Gasteiger partial charge >= 0.3 is 6.09 Å². The summed E-state index contributed by atoms with van der Waals surface area (Å²) >= 11 is 0. The molecule has 1 aliphatic rings. The fraction of sp³-hybridized carbons (Fsp3) is 0.611. The number of aliphatic hydroxyl groups is 1. The molecule has 1 aliphatic carbocycles. The third kappa shape index (κ3) is 5.64. The second-order valence-electron chi connectivity index (χ2n) is 7.62. The van der Waals surface area contributed by atoms with Crippen LogP contribution in [0.1, 0.15) is 39.2 Å². The molecule has 5 nitrogen and oxygen atoms in total. The zero-order valence-corrected chi connectivity index (χ0v) is 14.8. The van der Waals surface area contributed by atoms with E-state index in [4.69, 9.17) is 0 Å². The lowest BCUT2D eigenvalue weighted by atomic mass is 9.94. The van der Waals surface area contributed by atoms with Crippen molar-refractivity contribution in [1.82, 2.24) is 10.2 Å². The third-order valence-electron chi connectivity index (χ3n) is 4.26. The fourth-order valence-corrected chi connectivity index (χ4v) is 3.01. The Labute approximate surface area is 146 Å². The number of nitrogens with zero attached hydrogens (tertiary/aromatic N) is 1. The van der Waals surface area contributed by atoms with Gasteiger partial charge in [-0.25, -0.2) is 13.6 Å². The number of nitrogens with one attached hydrogen (secondary N) is 1. The maximum atomic E-state index is 13.5. The molecule has 0 radical (unpaired) electrons. The first-order chi connectivity index (χ1) is 11.6. The molecule has 0 unspecified atom stereocenters. The van der Waals surface area contributed by atoms with E-state index in [0.29, 0.717) is 11.6 Å². The molecule has 1 aromatic carbocycles. The lowest BCUT2D eigenvalue weighted by Gasteiger charge is -2.42. The number of rotatable bonds is 7. The van der Waals surface area contributed by atoms with E-state index >= 15 is 0 Å². The molecule has 1 amide bonds. The molecule has 140 valence electrons. The summed E-state index contributed by atoms with van der Waals surface area (Å²) in [7, 11) is 0. The number of aliphatic hydroxyl groups excluding tert-OH is 1. The van der Waals surface area contributed by atoms with Crippen LogP contribution in [-0.4, -0.2) is 51.5 Å². The van der Waals surface area contributed by atoms with Gasteiger partial charge in [-0.15, -0.1) is 0 Å². The molecule has 3 N–H and O–H groups in total. The Morgan fingerprint density at radius 2 is 1.84 bits per heavy atom. The van der Waals surface area contributed by atoms with Gasteiger partial charge in [-0.05, 0) is 57.7 Å². The van der Waals surface area contributed by atoms with Crippen molar-refractivity contribution in [2.45, 2.75) is 63.8 Å². The molecule has 0 aromatic heterocycles. The van der Waals surface area contributed by atoms with Crippen molar-refractivity contribution < 1.29 is 23.8 Å². The van der Waals surface area contributed by atoms with Crippen molar-refractivity contribution in [1.29, 1.82) is 0 Å².